The van der Waals surface area contributed by atoms with E-state index in [2.05, 4.69) is 16.3 Å². The first-order valence-corrected chi connectivity index (χ1v) is 7.03. The lowest BCUT2D eigenvalue weighted by atomic mass is 9.78. The smallest absolute Gasteiger partial charge is 0.223 e. The SMILES string of the molecule is N#CCC1(CN2CC3(CCNCC3)CC2=O)CC1. The summed E-state index contributed by atoms with van der Waals surface area (Å²) in [6.45, 7) is 3.85. The molecule has 3 rings (SSSR count). The van der Waals surface area contributed by atoms with Gasteiger partial charge < -0.3 is 10.2 Å². The number of nitrogens with one attached hydrogen (secondary N) is 1. The number of nitriles is 1. The third kappa shape index (κ3) is 2.12. The Kier molecular flexibility index (Phi) is 2.82. The van der Waals surface area contributed by atoms with Crippen molar-refractivity contribution < 1.29 is 4.79 Å². The molecule has 0 aromatic rings. The monoisotopic (exact) mass is 247 g/mol. The van der Waals surface area contributed by atoms with Crippen LogP contribution in [0.15, 0.2) is 0 Å². The number of carbonyl (C=O) groups is 1. The minimum atomic E-state index is 0.156. The zero-order valence-electron chi connectivity index (χ0n) is 10.9. The normalized spacial score (nSPS) is 28.4. The summed E-state index contributed by atoms with van der Waals surface area (Å²) < 4.78 is 0. The topological polar surface area (TPSA) is 56.1 Å². The van der Waals surface area contributed by atoms with Gasteiger partial charge in [0.15, 0.2) is 0 Å². The summed E-state index contributed by atoms with van der Waals surface area (Å²) >= 11 is 0. The quantitative estimate of drug-likeness (QED) is 0.817. The van der Waals surface area contributed by atoms with Crippen LogP contribution in [0.1, 0.15) is 38.5 Å². The summed E-state index contributed by atoms with van der Waals surface area (Å²) in [7, 11) is 0. The lowest BCUT2D eigenvalue weighted by molar-refractivity contribution is -0.128. The molecule has 4 nitrogen and oxygen atoms in total. The zero-order valence-corrected chi connectivity index (χ0v) is 10.9. The molecule has 1 aliphatic carbocycles. The number of rotatable bonds is 3. The van der Waals surface area contributed by atoms with Crippen LogP contribution in [-0.4, -0.2) is 37.0 Å². The van der Waals surface area contributed by atoms with Gasteiger partial charge in [0.05, 0.1) is 6.07 Å². The van der Waals surface area contributed by atoms with Crippen LogP contribution in [0.5, 0.6) is 0 Å². The van der Waals surface area contributed by atoms with Gasteiger partial charge in [-0.25, -0.2) is 0 Å². The second kappa shape index (κ2) is 4.24. The van der Waals surface area contributed by atoms with Gasteiger partial charge in [0.1, 0.15) is 0 Å². The van der Waals surface area contributed by atoms with Gasteiger partial charge in [0.25, 0.3) is 0 Å². The number of amides is 1. The van der Waals surface area contributed by atoms with E-state index in [0.717, 1.165) is 58.3 Å². The third-order valence-electron chi connectivity index (χ3n) is 5.01. The molecule has 0 bridgehead atoms. The van der Waals surface area contributed by atoms with E-state index in [1.54, 1.807) is 0 Å². The van der Waals surface area contributed by atoms with E-state index in [0.29, 0.717) is 12.3 Å². The molecule has 1 amide bonds. The predicted molar refractivity (Wildman–Crippen MR) is 67.6 cm³/mol. The van der Waals surface area contributed by atoms with Gasteiger partial charge in [-0.3, -0.25) is 4.79 Å². The number of piperidine rings is 1. The van der Waals surface area contributed by atoms with Crippen LogP contribution in [0.3, 0.4) is 0 Å². The molecule has 0 unspecified atom stereocenters. The summed E-state index contributed by atoms with van der Waals surface area (Å²) in [5.41, 5.74) is 0.397. The van der Waals surface area contributed by atoms with Crippen LogP contribution in [0, 0.1) is 22.2 Å². The van der Waals surface area contributed by atoms with Crippen LogP contribution >= 0.6 is 0 Å². The zero-order chi connectivity index (χ0) is 12.6. The molecule has 2 aliphatic heterocycles. The van der Waals surface area contributed by atoms with Crippen molar-refractivity contribution in [3.05, 3.63) is 0 Å². The molecule has 1 saturated carbocycles. The molecule has 2 heterocycles. The molecular weight excluding hydrogens is 226 g/mol. The molecule has 0 radical (unpaired) electrons. The molecule has 0 aromatic heterocycles. The summed E-state index contributed by atoms with van der Waals surface area (Å²) in [6, 6.07) is 2.28. The Morgan fingerprint density at radius 1 is 1.28 bits per heavy atom. The Morgan fingerprint density at radius 2 is 2.00 bits per heavy atom. The second-order valence-corrected chi connectivity index (χ2v) is 6.51. The maximum Gasteiger partial charge on any atom is 0.223 e. The Labute approximate surface area is 108 Å². The van der Waals surface area contributed by atoms with E-state index in [1.165, 1.54) is 0 Å². The first-order valence-electron chi connectivity index (χ1n) is 7.03. The fraction of sp³-hybridized carbons (Fsp3) is 0.857. The highest BCUT2D eigenvalue weighted by molar-refractivity contribution is 5.79. The van der Waals surface area contributed by atoms with Crippen molar-refractivity contribution in [1.82, 2.24) is 10.2 Å². The van der Waals surface area contributed by atoms with E-state index >= 15 is 0 Å². The molecule has 2 saturated heterocycles. The van der Waals surface area contributed by atoms with E-state index < -0.39 is 0 Å². The van der Waals surface area contributed by atoms with E-state index in [4.69, 9.17) is 5.26 Å². The van der Waals surface area contributed by atoms with Gasteiger partial charge in [-0.15, -0.1) is 0 Å². The van der Waals surface area contributed by atoms with Crippen molar-refractivity contribution in [3.63, 3.8) is 0 Å². The van der Waals surface area contributed by atoms with Gasteiger partial charge in [0.2, 0.25) is 5.91 Å². The number of hydrogen-bond acceptors (Lipinski definition) is 3. The molecule has 1 N–H and O–H groups in total. The van der Waals surface area contributed by atoms with Crippen LogP contribution in [0.25, 0.3) is 0 Å². The lowest BCUT2D eigenvalue weighted by Crippen LogP contribution is -2.39. The molecular formula is C14H21N3O. The minimum absolute atomic E-state index is 0.156. The lowest BCUT2D eigenvalue weighted by Gasteiger charge is -2.33. The van der Waals surface area contributed by atoms with Crippen LogP contribution in [0.2, 0.25) is 0 Å². The van der Waals surface area contributed by atoms with Crippen molar-refractivity contribution in [3.8, 4) is 6.07 Å². The summed E-state index contributed by atoms with van der Waals surface area (Å²) in [4.78, 5) is 14.2. The van der Waals surface area contributed by atoms with Crippen LogP contribution in [-0.2, 0) is 4.79 Å². The maximum atomic E-state index is 12.2. The first-order chi connectivity index (χ1) is 8.67. The molecule has 3 aliphatic rings. The average Bonchev–Trinajstić information content (AvgIpc) is 3.03. The highest BCUT2D eigenvalue weighted by Gasteiger charge is 2.49. The number of carbonyl (C=O) groups excluding carboxylic acids is 1. The van der Waals surface area contributed by atoms with Gasteiger partial charge in [-0.1, -0.05) is 0 Å². The van der Waals surface area contributed by atoms with Crippen molar-refractivity contribution in [1.29, 1.82) is 5.26 Å². The maximum absolute atomic E-state index is 12.2. The average molecular weight is 247 g/mol. The number of hydrogen-bond donors (Lipinski definition) is 1. The van der Waals surface area contributed by atoms with Crippen molar-refractivity contribution >= 4 is 5.91 Å². The van der Waals surface area contributed by atoms with Gasteiger partial charge in [0, 0.05) is 31.3 Å². The summed E-state index contributed by atoms with van der Waals surface area (Å²) in [5, 5.41) is 12.2. The second-order valence-electron chi connectivity index (χ2n) is 6.51. The van der Waals surface area contributed by atoms with Crippen LogP contribution in [0.4, 0.5) is 0 Å². The number of nitrogens with zero attached hydrogens (tertiary/aromatic N) is 2. The Morgan fingerprint density at radius 3 is 2.61 bits per heavy atom. The fourth-order valence-electron chi connectivity index (χ4n) is 3.56. The Balaban J connectivity index is 1.64. The molecule has 4 heteroatoms. The molecule has 18 heavy (non-hydrogen) atoms. The summed E-state index contributed by atoms with van der Waals surface area (Å²) in [5.74, 6) is 0.320. The third-order valence-corrected chi connectivity index (χ3v) is 5.01. The summed E-state index contributed by atoms with van der Waals surface area (Å²) in [6.07, 6.45) is 5.85. The van der Waals surface area contributed by atoms with Crippen LogP contribution < -0.4 is 5.32 Å². The Bertz CT molecular complexity index is 388. The van der Waals surface area contributed by atoms with Crippen molar-refractivity contribution in [2.24, 2.45) is 10.8 Å². The molecule has 1 spiro atoms. The van der Waals surface area contributed by atoms with Crippen molar-refractivity contribution in [2.75, 3.05) is 26.2 Å². The molecule has 98 valence electrons. The highest BCUT2D eigenvalue weighted by Crippen LogP contribution is 2.51. The Hall–Kier alpha value is -1.08. The minimum Gasteiger partial charge on any atom is -0.342 e. The fourth-order valence-corrected chi connectivity index (χ4v) is 3.56. The molecule has 0 aromatic carbocycles. The largest absolute Gasteiger partial charge is 0.342 e. The van der Waals surface area contributed by atoms with Gasteiger partial charge >= 0.3 is 0 Å². The van der Waals surface area contributed by atoms with E-state index in [1.807, 2.05) is 0 Å². The predicted octanol–water partition coefficient (Wildman–Crippen LogP) is 1.28. The molecule has 0 atom stereocenters. The van der Waals surface area contributed by atoms with E-state index in [9.17, 15) is 4.79 Å². The number of likely N-dealkylation sites (tertiary alicyclic amines) is 1. The van der Waals surface area contributed by atoms with Gasteiger partial charge in [-0.05, 0) is 44.2 Å². The van der Waals surface area contributed by atoms with Crippen molar-refractivity contribution in [2.45, 2.75) is 38.5 Å². The standard InChI is InChI=1S/C14H21N3O/c15-6-3-13(1-2-13)10-17-11-14(9-12(17)18)4-7-16-8-5-14/h16H,1-5,7-11H2. The first kappa shape index (κ1) is 12.0. The van der Waals surface area contributed by atoms with E-state index in [-0.39, 0.29) is 10.8 Å². The highest BCUT2D eigenvalue weighted by atomic mass is 16.2. The molecule has 3 fully saturated rings. The van der Waals surface area contributed by atoms with Gasteiger partial charge in [-0.2, -0.15) is 5.26 Å².